The number of hydrogen-bond acceptors (Lipinski definition) is 4. The summed E-state index contributed by atoms with van der Waals surface area (Å²) in [6.07, 6.45) is 0. The first kappa shape index (κ1) is 12.3. The maximum atomic E-state index is 13.2. The maximum absolute atomic E-state index is 13.2. The van der Waals surface area contributed by atoms with E-state index in [0.717, 1.165) is 0 Å². The Balaban J connectivity index is 2.36. The number of ether oxygens (including phenoxy) is 1. The molecule has 0 aliphatic carbocycles. The van der Waals surface area contributed by atoms with Gasteiger partial charge in [-0.05, 0) is 18.2 Å². The summed E-state index contributed by atoms with van der Waals surface area (Å²) in [4.78, 5) is 0. The lowest BCUT2D eigenvalue weighted by molar-refractivity contribution is 0.399. The second-order valence-corrected chi connectivity index (χ2v) is 6.24. The molecule has 0 amide bonds. The fraction of sp³-hybridized carbons (Fsp3) is 0.455. The van der Waals surface area contributed by atoms with Crippen LogP contribution in [0.1, 0.15) is 11.6 Å². The van der Waals surface area contributed by atoms with Crippen LogP contribution in [0, 0.1) is 5.82 Å². The van der Waals surface area contributed by atoms with E-state index in [1.165, 1.54) is 25.3 Å². The van der Waals surface area contributed by atoms with E-state index in [9.17, 15) is 12.8 Å². The van der Waals surface area contributed by atoms with E-state index in [-0.39, 0.29) is 11.5 Å². The van der Waals surface area contributed by atoms with Gasteiger partial charge in [0, 0.05) is 18.2 Å². The van der Waals surface area contributed by atoms with Crippen molar-refractivity contribution >= 4 is 9.84 Å². The van der Waals surface area contributed by atoms with E-state index in [2.05, 4.69) is 5.32 Å². The van der Waals surface area contributed by atoms with Gasteiger partial charge in [0.2, 0.25) is 0 Å². The number of sulfone groups is 1. The number of methoxy groups -OCH3 is 1. The number of hydrogen-bond donors (Lipinski definition) is 1. The lowest BCUT2D eigenvalue weighted by Crippen LogP contribution is -2.39. The van der Waals surface area contributed by atoms with Crippen LogP contribution in [0.25, 0.3) is 0 Å². The van der Waals surface area contributed by atoms with Gasteiger partial charge in [0.15, 0.2) is 9.84 Å². The molecule has 6 heteroatoms. The molecule has 1 aromatic rings. The Morgan fingerprint density at radius 1 is 1.47 bits per heavy atom. The van der Waals surface area contributed by atoms with E-state index >= 15 is 0 Å². The summed E-state index contributed by atoms with van der Waals surface area (Å²) in [5, 5.41) is 3.07. The highest BCUT2D eigenvalue weighted by Crippen LogP contribution is 2.28. The van der Waals surface area contributed by atoms with Crippen molar-refractivity contribution in [2.45, 2.75) is 6.04 Å². The fourth-order valence-corrected chi connectivity index (χ4v) is 3.36. The van der Waals surface area contributed by atoms with E-state index in [0.29, 0.717) is 17.9 Å². The number of rotatable bonds is 2. The lowest BCUT2D eigenvalue weighted by Gasteiger charge is -2.25. The predicted molar refractivity (Wildman–Crippen MR) is 62.3 cm³/mol. The summed E-state index contributed by atoms with van der Waals surface area (Å²) in [6, 6.07) is 3.71. The summed E-state index contributed by atoms with van der Waals surface area (Å²) >= 11 is 0. The zero-order valence-electron chi connectivity index (χ0n) is 9.44. The molecule has 1 saturated heterocycles. The molecule has 1 fully saturated rings. The van der Waals surface area contributed by atoms with Gasteiger partial charge in [0.1, 0.15) is 11.6 Å². The zero-order chi connectivity index (χ0) is 12.5. The lowest BCUT2D eigenvalue weighted by atomic mass is 10.1. The van der Waals surface area contributed by atoms with Crippen LogP contribution in [0.15, 0.2) is 18.2 Å². The third kappa shape index (κ3) is 2.76. The monoisotopic (exact) mass is 259 g/mol. The van der Waals surface area contributed by atoms with Crippen molar-refractivity contribution in [2.75, 3.05) is 25.2 Å². The molecule has 0 radical (unpaired) electrons. The van der Waals surface area contributed by atoms with E-state index in [4.69, 9.17) is 4.74 Å². The molecule has 4 nitrogen and oxygen atoms in total. The summed E-state index contributed by atoms with van der Waals surface area (Å²) in [6.45, 7) is 0.382. The smallest absolute Gasteiger partial charge is 0.153 e. The van der Waals surface area contributed by atoms with Crippen LogP contribution in [-0.2, 0) is 9.84 Å². The number of nitrogens with one attached hydrogen (secondary N) is 1. The van der Waals surface area contributed by atoms with Crippen LogP contribution < -0.4 is 10.1 Å². The van der Waals surface area contributed by atoms with Crippen molar-refractivity contribution in [3.8, 4) is 5.75 Å². The largest absolute Gasteiger partial charge is 0.496 e. The Bertz CT molecular complexity index is 515. The predicted octanol–water partition coefficient (Wildman–Crippen LogP) is 0.893. The third-order valence-corrected chi connectivity index (χ3v) is 4.46. The highest BCUT2D eigenvalue weighted by Gasteiger charge is 2.27. The van der Waals surface area contributed by atoms with Crippen molar-refractivity contribution in [1.29, 1.82) is 0 Å². The van der Waals surface area contributed by atoms with Gasteiger partial charge in [0.05, 0.1) is 18.6 Å². The third-order valence-electron chi connectivity index (χ3n) is 2.79. The normalized spacial score (nSPS) is 23.3. The molecule has 0 spiro atoms. The molecule has 1 aromatic carbocycles. The average molecular weight is 259 g/mol. The minimum absolute atomic E-state index is 0.0210. The van der Waals surface area contributed by atoms with Crippen LogP contribution in [0.3, 0.4) is 0 Å². The van der Waals surface area contributed by atoms with Crippen molar-refractivity contribution in [3.63, 3.8) is 0 Å². The Labute approximate surface area is 99.7 Å². The van der Waals surface area contributed by atoms with Gasteiger partial charge in [0.25, 0.3) is 0 Å². The first-order valence-corrected chi connectivity index (χ1v) is 7.11. The second-order valence-electron chi connectivity index (χ2n) is 4.01. The molecule has 1 atom stereocenters. The standard InChI is InChI=1S/C11H14FNO3S/c1-16-11-3-2-8(12)6-9(11)10-7-17(14,15)5-4-13-10/h2-3,6,10,13H,4-5,7H2,1H3. The Morgan fingerprint density at radius 3 is 2.88 bits per heavy atom. The highest BCUT2D eigenvalue weighted by atomic mass is 32.2. The molecule has 17 heavy (non-hydrogen) atoms. The van der Waals surface area contributed by atoms with Crippen molar-refractivity contribution in [2.24, 2.45) is 0 Å². The molecule has 1 unspecified atom stereocenters. The maximum Gasteiger partial charge on any atom is 0.153 e. The van der Waals surface area contributed by atoms with Gasteiger partial charge in [-0.1, -0.05) is 0 Å². The fourth-order valence-electron chi connectivity index (χ4n) is 1.96. The molecule has 0 aromatic heterocycles. The molecular weight excluding hydrogens is 245 g/mol. The molecule has 94 valence electrons. The van der Waals surface area contributed by atoms with E-state index in [1.54, 1.807) is 0 Å². The van der Waals surface area contributed by atoms with Gasteiger partial charge in [-0.25, -0.2) is 12.8 Å². The summed E-state index contributed by atoms with van der Waals surface area (Å²) in [5.41, 5.74) is 0.552. The molecule has 1 aliphatic rings. The van der Waals surface area contributed by atoms with E-state index in [1.807, 2.05) is 0 Å². The topological polar surface area (TPSA) is 55.4 Å². The Morgan fingerprint density at radius 2 is 2.24 bits per heavy atom. The number of benzene rings is 1. The minimum atomic E-state index is -3.06. The quantitative estimate of drug-likeness (QED) is 0.857. The first-order valence-electron chi connectivity index (χ1n) is 5.29. The molecule has 2 rings (SSSR count). The SMILES string of the molecule is COc1ccc(F)cc1C1CS(=O)(=O)CCN1. The Hall–Kier alpha value is -1.14. The second kappa shape index (κ2) is 4.62. The molecule has 1 heterocycles. The van der Waals surface area contributed by atoms with Gasteiger partial charge in [-0.2, -0.15) is 0 Å². The van der Waals surface area contributed by atoms with Gasteiger partial charge < -0.3 is 10.1 Å². The van der Waals surface area contributed by atoms with Crippen LogP contribution in [0.2, 0.25) is 0 Å². The van der Waals surface area contributed by atoms with Gasteiger partial charge >= 0.3 is 0 Å². The van der Waals surface area contributed by atoms with Crippen LogP contribution in [-0.4, -0.2) is 33.6 Å². The molecule has 1 aliphatic heterocycles. The minimum Gasteiger partial charge on any atom is -0.496 e. The highest BCUT2D eigenvalue weighted by molar-refractivity contribution is 7.91. The molecule has 0 saturated carbocycles. The average Bonchev–Trinajstić information content (AvgIpc) is 2.27. The van der Waals surface area contributed by atoms with Gasteiger partial charge in [-0.15, -0.1) is 0 Å². The molecule has 0 bridgehead atoms. The summed E-state index contributed by atoms with van der Waals surface area (Å²) in [7, 11) is -1.58. The van der Waals surface area contributed by atoms with Crippen molar-refractivity contribution < 1.29 is 17.5 Å². The molecule has 1 N–H and O–H groups in total. The molecular formula is C11H14FNO3S. The van der Waals surface area contributed by atoms with Crippen LogP contribution in [0.5, 0.6) is 5.75 Å². The zero-order valence-corrected chi connectivity index (χ0v) is 10.3. The number of halogens is 1. The van der Waals surface area contributed by atoms with E-state index < -0.39 is 21.7 Å². The van der Waals surface area contributed by atoms with Crippen molar-refractivity contribution in [1.82, 2.24) is 5.32 Å². The van der Waals surface area contributed by atoms with Crippen molar-refractivity contribution in [3.05, 3.63) is 29.6 Å². The van der Waals surface area contributed by atoms with Gasteiger partial charge in [-0.3, -0.25) is 0 Å². The first-order chi connectivity index (χ1) is 8.02. The summed E-state index contributed by atoms with van der Waals surface area (Å²) in [5.74, 6) is 0.208. The Kier molecular flexibility index (Phi) is 3.35. The van der Waals surface area contributed by atoms with Crippen LogP contribution >= 0.6 is 0 Å². The van der Waals surface area contributed by atoms with Crippen LogP contribution in [0.4, 0.5) is 4.39 Å². The summed E-state index contributed by atoms with van der Waals surface area (Å²) < 4.78 is 41.4.